The molecule has 1 aliphatic heterocycles. The smallest absolute Gasteiger partial charge is 0.259 e. The van der Waals surface area contributed by atoms with E-state index in [0.717, 1.165) is 29.8 Å². The number of carbonyl (C=O) groups excluding carboxylic acids is 1. The molecule has 0 spiro atoms. The molecule has 1 aliphatic carbocycles. The Morgan fingerprint density at radius 2 is 2.00 bits per heavy atom. The third-order valence-corrected chi connectivity index (χ3v) is 4.94. The Morgan fingerprint density at radius 3 is 2.81 bits per heavy atom. The SMILES string of the molecule is Cc1noc2nc(C3CC3)cc(C(=O)NCc3ccc4c(c3)OCCO4)c12. The number of benzene rings is 1. The van der Waals surface area contributed by atoms with E-state index in [0.29, 0.717) is 53.8 Å². The molecule has 3 aromatic rings. The number of ether oxygens (including phenoxy) is 2. The van der Waals surface area contributed by atoms with Gasteiger partial charge in [-0.1, -0.05) is 11.2 Å². The van der Waals surface area contributed by atoms with Crippen LogP contribution in [0.3, 0.4) is 0 Å². The Bertz CT molecular complexity index is 1040. The highest BCUT2D eigenvalue weighted by molar-refractivity contribution is 6.06. The Morgan fingerprint density at radius 1 is 1.19 bits per heavy atom. The molecule has 7 heteroatoms. The van der Waals surface area contributed by atoms with Crippen molar-refractivity contribution in [2.24, 2.45) is 0 Å². The highest BCUT2D eigenvalue weighted by Gasteiger charge is 2.28. The van der Waals surface area contributed by atoms with Gasteiger partial charge in [-0.05, 0) is 43.5 Å². The lowest BCUT2D eigenvalue weighted by atomic mass is 10.1. The summed E-state index contributed by atoms with van der Waals surface area (Å²) in [4.78, 5) is 17.4. The van der Waals surface area contributed by atoms with Gasteiger partial charge in [-0.3, -0.25) is 4.79 Å². The number of amides is 1. The van der Waals surface area contributed by atoms with Crippen LogP contribution in [0.15, 0.2) is 28.8 Å². The number of hydrogen-bond donors (Lipinski definition) is 1. The molecule has 2 aromatic heterocycles. The first-order valence-electron chi connectivity index (χ1n) is 9.12. The van der Waals surface area contributed by atoms with Gasteiger partial charge in [-0.15, -0.1) is 0 Å². The average molecular weight is 365 g/mol. The molecule has 1 amide bonds. The number of aryl methyl sites for hydroxylation is 1. The van der Waals surface area contributed by atoms with E-state index in [9.17, 15) is 4.79 Å². The van der Waals surface area contributed by atoms with Gasteiger partial charge in [0.05, 0.1) is 16.6 Å². The predicted molar refractivity (Wildman–Crippen MR) is 97.1 cm³/mol. The largest absolute Gasteiger partial charge is 0.486 e. The van der Waals surface area contributed by atoms with E-state index >= 15 is 0 Å². The van der Waals surface area contributed by atoms with Crippen molar-refractivity contribution in [1.82, 2.24) is 15.5 Å². The first kappa shape index (κ1) is 16.1. The zero-order valence-corrected chi connectivity index (χ0v) is 14.9. The topological polar surface area (TPSA) is 86.5 Å². The molecule has 0 radical (unpaired) electrons. The molecule has 1 fully saturated rings. The first-order valence-corrected chi connectivity index (χ1v) is 9.12. The number of hydrogen-bond acceptors (Lipinski definition) is 6. The summed E-state index contributed by atoms with van der Waals surface area (Å²) in [5, 5.41) is 7.64. The molecule has 0 saturated heterocycles. The Labute approximate surface area is 155 Å². The quantitative estimate of drug-likeness (QED) is 0.764. The van der Waals surface area contributed by atoms with Crippen molar-refractivity contribution >= 4 is 17.0 Å². The van der Waals surface area contributed by atoms with Gasteiger partial charge >= 0.3 is 0 Å². The normalized spacial score (nSPS) is 15.7. The number of rotatable bonds is 4. The van der Waals surface area contributed by atoms with Crippen molar-refractivity contribution in [2.45, 2.75) is 32.2 Å². The van der Waals surface area contributed by atoms with Crippen molar-refractivity contribution in [3.05, 3.63) is 46.8 Å². The molecule has 7 nitrogen and oxygen atoms in total. The molecular formula is C20H19N3O4. The minimum atomic E-state index is -0.162. The monoisotopic (exact) mass is 365 g/mol. The molecule has 1 N–H and O–H groups in total. The van der Waals surface area contributed by atoms with Crippen LogP contribution >= 0.6 is 0 Å². The fourth-order valence-electron chi connectivity index (χ4n) is 3.36. The van der Waals surface area contributed by atoms with Crippen LogP contribution in [0.4, 0.5) is 0 Å². The number of nitrogens with one attached hydrogen (secondary N) is 1. The van der Waals surface area contributed by atoms with Gasteiger partial charge in [-0.25, -0.2) is 4.98 Å². The zero-order valence-electron chi connectivity index (χ0n) is 14.9. The number of pyridine rings is 1. The maximum absolute atomic E-state index is 12.9. The minimum absolute atomic E-state index is 0.162. The maximum Gasteiger partial charge on any atom is 0.259 e. The van der Waals surface area contributed by atoms with E-state index < -0.39 is 0 Å². The molecule has 2 aliphatic rings. The summed E-state index contributed by atoms with van der Waals surface area (Å²) >= 11 is 0. The summed E-state index contributed by atoms with van der Waals surface area (Å²) in [6, 6.07) is 7.58. The molecule has 138 valence electrons. The Kier molecular flexibility index (Phi) is 3.74. The van der Waals surface area contributed by atoms with Crippen LogP contribution in [0.2, 0.25) is 0 Å². The van der Waals surface area contributed by atoms with Crippen molar-refractivity contribution in [3.63, 3.8) is 0 Å². The first-order chi connectivity index (χ1) is 13.2. The van der Waals surface area contributed by atoms with Gasteiger partial charge in [0.15, 0.2) is 11.5 Å². The summed E-state index contributed by atoms with van der Waals surface area (Å²) in [6.07, 6.45) is 2.20. The molecular weight excluding hydrogens is 346 g/mol. The van der Waals surface area contributed by atoms with Crippen LogP contribution in [-0.2, 0) is 6.54 Å². The number of carbonyl (C=O) groups is 1. The van der Waals surface area contributed by atoms with E-state index in [-0.39, 0.29) is 5.91 Å². The van der Waals surface area contributed by atoms with Gasteiger partial charge in [0.25, 0.3) is 11.6 Å². The van der Waals surface area contributed by atoms with Crippen molar-refractivity contribution in [1.29, 1.82) is 0 Å². The van der Waals surface area contributed by atoms with Gasteiger partial charge in [0.1, 0.15) is 13.2 Å². The fourth-order valence-corrected chi connectivity index (χ4v) is 3.36. The van der Waals surface area contributed by atoms with Gasteiger partial charge in [-0.2, -0.15) is 0 Å². The lowest BCUT2D eigenvalue weighted by Gasteiger charge is -2.19. The van der Waals surface area contributed by atoms with E-state index in [4.69, 9.17) is 14.0 Å². The van der Waals surface area contributed by atoms with E-state index in [1.807, 2.05) is 31.2 Å². The molecule has 1 aromatic carbocycles. The molecule has 0 atom stereocenters. The Hall–Kier alpha value is -3.09. The molecule has 5 rings (SSSR count). The molecule has 0 unspecified atom stereocenters. The second kappa shape index (κ2) is 6.26. The lowest BCUT2D eigenvalue weighted by molar-refractivity contribution is 0.0952. The van der Waals surface area contributed by atoms with Crippen LogP contribution in [-0.4, -0.2) is 29.3 Å². The van der Waals surface area contributed by atoms with Crippen LogP contribution in [0.1, 0.15) is 46.1 Å². The van der Waals surface area contributed by atoms with E-state index in [2.05, 4.69) is 15.5 Å². The third-order valence-electron chi connectivity index (χ3n) is 4.94. The molecule has 1 saturated carbocycles. The summed E-state index contributed by atoms with van der Waals surface area (Å²) in [5.41, 5.74) is 3.52. The van der Waals surface area contributed by atoms with E-state index in [1.165, 1.54) is 0 Å². The average Bonchev–Trinajstić information content (AvgIpc) is 3.49. The fraction of sp³-hybridized carbons (Fsp3) is 0.350. The third kappa shape index (κ3) is 2.99. The van der Waals surface area contributed by atoms with Crippen LogP contribution in [0, 0.1) is 6.92 Å². The Balaban J connectivity index is 1.40. The zero-order chi connectivity index (χ0) is 18.4. The molecule has 0 bridgehead atoms. The van der Waals surface area contributed by atoms with Crippen molar-refractivity contribution < 1.29 is 18.8 Å². The summed E-state index contributed by atoms with van der Waals surface area (Å²) in [5.74, 6) is 1.71. The number of nitrogens with zero attached hydrogens (tertiary/aromatic N) is 2. The summed E-state index contributed by atoms with van der Waals surface area (Å²) in [7, 11) is 0. The van der Waals surface area contributed by atoms with Crippen LogP contribution < -0.4 is 14.8 Å². The highest BCUT2D eigenvalue weighted by Crippen LogP contribution is 2.40. The molecule has 27 heavy (non-hydrogen) atoms. The molecule has 3 heterocycles. The second-order valence-electron chi connectivity index (χ2n) is 6.98. The van der Waals surface area contributed by atoms with Gasteiger partial charge in [0, 0.05) is 18.2 Å². The van der Waals surface area contributed by atoms with Crippen LogP contribution in [0.5, 0.6) is 11.5 Å². The lowest BCUT2D eigenvalue weighted by Crippen LogP contribution is -2.23. The van der Waals surface area contributed by atoms with Gasteiger partial charge < -0.3 is 19.3 Å². The summed E-state index contributed by atoms with van der Waals surface area (Å²) < 4.78 is 16.4. The number of fused-ring (bicyclic) bond motifs is 2. The second-order valence-corrected chi connectivity index (χ2v) is 6.98. The van der Waals surface area contributed by atoms with Crippen LogP contribution in [0.25, 0.3) is 11.1 Å². The minimum Gasteiger partial charge on any atom is -0.486 e. The summed E-state index contributed by atoms with van der Waals surface area (Å²) in [6.45, 7) is 3.31. The predicted octanol–water partition coefficient (Wildman–Crippen LogP) is 3.11. The van der Waals surface area contributed by atoms with Crippen molar-refractivity contribution in [3.8, 4) is 11.5 Å². The maximum atomic E-state index is 12.9. The van der Waals surface area contributed by atoms with E-state index in [1.54, 1.807) is 0 Å². The standard InChI is InChI=1S/C20H19N3O4/c1-11-18-14(9-15(13-3-4-13)22-20(18)27-23-11)19(24)21-10-12-2-5-16-17(8-12)26-7-6-25-16/h2,5,8-9,13H,3-4,6-7,10H2,1H3,(H,21,24). The van der Waals surface area contributed by atoms with Crippen molar-refractivity contribution in [2.75, 3.05) is 13.2 Å². The highest BCUT2D eigenvalue weighted by atomic mass is 16.6. The van der Waals surface area contributed by atoms with Gasteiger partial charge in [0.2, 0.25) is 0 Å². The number of aromatic nitrogens is 2.